The molecule has 2 N–H and O–H groups in total. The molecule has 24 heavy (non-hydrogen) atoms. The first-order valence-corrected chi connectivity index (χ1v) is 8.28. The Morgan fingerprint density at radius 3 is 2.71 bits per heavy atom. The van der Waals surface area contributed by atoms with Gasteiger partial charge in [0.15, 0.2) is 5.96 Å². The van der Waals surface area contributed by atoms with Gasteiger partial charge in [0, 0.05) is 24.7 Å². The number of aliphatic imine (C=N–C) groups is 1. The van der Waals surface area contributed by atoms with Crippen LogP contribution >= 0.6 is 24.0 Å². The van der Waals surface area contributed by atoms with Crippen LogP contribution in [0, 0.1) is 6.92 Å². The fourth-order valence-corrected chi connectivity index (χ4v) is 2.85. The highest BCUT2D eigenvalue weighted by Gasteiger charge is 2.39. The highest BCUT2D eigenvalue weighted by atomic mass is 127. The van der Waals surface area contributed by atoms with E-state index in [-0.39, 0.29) is 24.0 Å². The van der Waals surface area contributed by atoms with Gasteiger partial charge in [0.05, 0.1) is 12.2 Å². The summed E-state index contributed by atoms with van der Waals surface area (Å²) in [5.41, 5.74) is 3.80. The SMILES string of the molecule is CCNC(=NCc1ccccn1)NC1CC1c1ccccc1C.I. The van der Waals surface area contributed by atoms with Crippen LogP contribution in [0.2, 0.25) is 0 Å². The molecule has 1 saturated carbocycles. The average Bonchev–Trinajstić information content (AvgIpc) is 3.33. The van der Waals surface area contributed by atoms with Crippen LogP contribution in [0.25, 0.3) is 0 Å². The van der Waals surface area contributed by atoms with Crippen LogP contribution in [-0.4, -0.2) is 23.5 Å². The van der Waals surface area contributed by atoms with E-state index in [2.05, 4.69) is 58.7 Å². The van der Waals surface area contributed by atoms with E-state index in [0.717, 1.165) is 18.2 Å². The van der Waals surface area contributed by atoms with Crippen LogP contribution in [0.4, 0.5) is 0 Å². The summed E-state index contributed by atoms with van der Waals surface area (Å²) in [6.07, 6.45) is 2.97. The number of pyridine rings is 1. The molecule has 0 bridgehead atoms. The average molecular weight is 436 g/mol. The molecule has 0 radical (unpaired) electrons. The number of halogens is 1. The first-order valence-electron chi connectivity index (χ1n) is 8.28. The normalized spacial score (nSPS) is 19.3. The quantitative estimate of drug-likeness (QED) is 0.428. The van der Waals surface area contributed by atoms with Gasteiger partial charge in [-0.1, -0.05) is 30.3 Å². The molecule has 3 rings (SSSR count). The Balaban J connectivity index is 0.00000208. The van der Waals surface area contributed by atoms with Gasteiger partial charge in [-0.3, -0.25) is 4.98 Å². The summed E-state index contributed by atoms with van der Waals surface area (Å²) in [5, 5.41) is 6.87. The number of nitrogens with one attached hydrogen (secondary N) is 2. The molecular weight excluding hydrogens is 411 g/mol. The van der Waals surface area contributed by atoms with Gasteiger partial charge < -0.3 is 10.6 Å². The van der Waals surface area contributed by atoms with Gasteiger partial charge in [0.1, 0.15) is 0 Å². The predicted octanol–water partition coefficient (Wildman–Crippen LogP) is 3.62. The molecule has 0 amide bonds. The second kappa shape index (κ2) is 9.01. The predicted molar refractivity (Wildman–Crippen MR) is 110 cm³/mol. The van der Waals surface area contributed by atoms with Crippen molar-refractivity contribution in [2.45, 2.75) is 38.8 Å². The molecule has 5 heteroatoms. The number of aryl methyl sites for hydroxylation is 1. The highest BCUT2D eigenvalue weighted by Crippen LogP contribution is 2.41. The van der Waals surface area contributed by atoms with Crippen LogP contribution in [0.3, 0.4) is 0 Å². The Labute approximate surface area is 161 Å². The Hall–Kier alpha value is -1.63. The van der Waals surface area contributed by atoms with Gasteiger partial charge in [-0.05, 0) is 43.5 Å². The molecule has 4 nitrogen and oxygen atoms in total. The van der Waals surface area contributed by atoms with Gasteiger partial charge in [-0.2, -0.15) is 0 Å². The van der Waals surface area contributed by atoms with Gasteiger partial charge in [0.2, 0.25) is 0 Å². The molecule has 2 aromatic rings. The molecule has 2 atom stereocenters. The minimum absolute atomic E-state index is 0. The Morgan fingerprint density at radius 2 is 2.00 bits per heavy atom. The second-order valence-electron chi connectivity index (χ2n) is 5.97. The summed E-state index contributed by atoms with van der Waals surface area (Å²) in [7, 11) is 0. The highest BCUT2D eigenvalue weighted by molar-refractivity contribution is 14.0. The zero-order chi connectivity index (χ0) is 16.1. The molecule has 128 valence electrons. The number of aromatic nitrogens is 1. The van der Waals surface area contributed by atoms with Crippen molar-refractivity contribution in [1.82, 2.24) is 15.6 Å². The number of guanidine groups is 1. The first kappa shape index (κ1) is 18.7. The lowest BCUT2D eigenvalue weighted by atomic mass is 10.0. The number of nitrogens with zero attached hydrogens (tertiary/aromatic N) is 2. The summed E-state index contributed by atoms with van der Waals surface area (Å²) >= 11 is 0. The Bertz CT molecular complexity index is 672. The smallest absolute Gasteiger partial charge is 0.191 e. The zero-order valence-electron chi connectivity index (χ0n) is 14.2. The van der Waals surface area contributed by atoms with E-state index in [4.69, 9.17) is 0 Å². The molecule has 1 aliphatic rings. The summed E-state index contributed by atoms with van der Waals surface area (Å²) in [5.74, 6) is 1.47. The van der Waals surface area contributed by atoms with Crippen molar-refractivity contribution in [3.05, 3.63) is 65.5 Å². The van der Waals surface area contributed by atoms with E-state index >= 15 is 0 Å². The molecule has 1 aliphatic carbocycles. The number of hydrogen-bond donors (Lipinski definition) is 2. The maximum absolute atomic E-state index is 4.65. The molecule has 0 aliphatic heterocycles. The van der Waals surface area contributed by atoms with Crippen molar-refractivity contribution in [2.75, 3.05) is 6.54 Å². The van der Waals surface area contributed by atoms with Crippen molar-refractivity contribution >= 4 is 29.9 Å². The third kappa shape index (κ3) is 4.93. The number of rotatable bonds is 5. The molecule has 0 saturated heterocycles. The summed E-state index contributed by atoms with van der Waals surface area (Å²) in [6, 6.07) is 15.0. The maximum Gasteiger partial charge on any atom is 0.191 e. The third-order valence-corrected chi connectivity index (χ3v) is 4.17. The lowest BCUT2D eigenvalue weighted by molar-refractivity contribution is 0.791. The minimum atomic E-state index is 0. The standard InChI is InChI=1S/C19H24N4.HI/c1-3-20-19(22-13-15-9-6-7-11-21-15)23-18-12-17(18)16-10-5-4-8-14(16)2;/h4-11,17-18H,3,12-13H2,1-2H3,(H2,20,22,23);1H. The van der Waals surface area contributed by atoms with Crippen LogP contribution in [-0.2, 0) is 6.54 Å². The van der Waals surface area contributed by atoms with Gasteiger partial charge in [-0.15, -0.1) is 24.0 Å². The van der Waals surface area contributed by atoms with Gasteiger partial charge in [-0.25, -0.2) is 4.99 Å². The van der Waals surface area contributed by atoms with E-state index in [0.29, 0.717) is 18.5 Å². The Kier molecular flexibility index (Phi) is 7.02. The topological polar surface area (TPSA) is 49.3 Å². The van der Waals surface area contributed by atoms with E-state index in [1.165, 1.54) is 17.5 Å². The van der Waals surface area contributed by atoms with Crippen molar-refractivity contribution in [3.63, 3.8) is 0 Å². The fraction of sp³-hybridized carbons (Fsp3) is 0.368. The van der Waals surface area contributed by atoms with Crippen molar-refractivity contribution < 1.29 is 0 Å². The molecule has 1 aromatic heterocycles. The fourth-order valence-electron chi connectivity index (χ4n) is 2.85. The van der Waals surface area contributed by atoms with Crippen LogP contribution < -0.4 is 10.6 Å². The van der Waals surface area contributed by atoms with E-state index in [1.807, 2.05) is 18.2 Å². The number of hydrogen-bond acceptors (Lipinski definition) is 2. The third-order valence-electron chi connectivity index (χ3n) is 4.17. The largest absolute Gasteiger partial charge is 0.357 e. The molecule has 1 heterocycles. The van der Waals surface area contributed by atoms with Crippen LogP contribution in [0.1, 0.15) is 36.1 Å². The van der Waals surface area contributed by atoms with Crippen LogP contribution in [0.15, 0.2) is 53.7 Å². The maximum atomic E-state index is 4.65. The minimum Gasteiger partial charge on any atom is -0.357 e. The van der Waals surface area contributed by atoms with E-state index in [9.17, 15) is 0 Å². The van der Waals surface area contributed by atoms with Gasteiger partial charge in [0.25, 0.3) is 0 Å². The second-order valence-corrected chi connectivity index (χ2v) is 5.97. The van der Waals surface area contributed by atoms with Crippen molar-refractivity contribution in [1.29, 1.82) is 0 Å². The van der Waals surface area contributed by atoms with Crippen molar-refractivity contribution in [3.8, 4) is 0 Å². The summed E-state index contributed by atoms with van der Waals surface area (Å²) in [4.78, 5) is 8.96. The number of benzene rings is 1. The molecule has 2 unspecified atom stereocenters. The first-order chi connectivity index (χ1) is 11.3. The van der Waals surface area contributed by atoms with Gasteiger partial charge >= 0.3 is 0 Å². The monoisotopic (exact) mass is 436 g/mol. The Morgan fingerprint density at radius 1 is 1.21 bits per heavy atom. The molecule has 1 aromatic carbocycles. The summed E-state index contributed by atoms with van der Waals surface area (Å²) < 4.78 is 0. The lowest BCUT2D eigenvalue weighted by Gasteiger charge is -2.12. The molecule has 1 fully saturated rings. The van der Waals surface area contributed by atoms with Crippen LogP contribution in [0.5, 0.6) is 0 Å². The molecular formula is C19H25IN4. The summed E-state index contributed by atoms with van der Waals surface area (Å²) in [6.45, 7) is 5.72. The lowest BCUT2D eigenvalue weighted by Crippen LogP contribution is -2.39. The zero-order valence-corrected chi connectivity index (χ0v) is 16.5. The molecule has 0 spiro atoms. The van der Waals surface area contributed by atoms with E-state index < -0.39 is 0 Å². The van der Waals surface area contributed by atoms with E-state index in [1.54, 1.807) is 6.20 Å². The van der Waals surface area contributed by atoms with Crippen molar-refractivity contribution in [2.24, 2.45) is 4.99 Å².